The van der Waals surface area contributed by atoms with Crippen LogP contribution in [0.25, 0.3) is 10.9 Å². The Bertz CT molecular complexity index is 1310. The molecule has 1 aromatic heterocycles. The lowest BCUT2D eigenvalue weighted by atomic mass is 9.96. The van der Waals surface area contributed by atoms with Crippen LogP contribution in [0.15, 0.2) is 47.5 Å². The molecule has 0 aliphatic carbocycles. The number of piperidine rings is 1. The molecule has 0 bridgehead atoms. The maximum absolute atomic E-state index is 12.8. The number of hydrogen-bond donors (Lipinski definition) is 1. The third-order valence-corrected chi connectivity index (χ3v) is 7.12. The summed E-state index contributed by atoms with van der Waals surface area (Å²) in [4.78, 5) is 26.7. The summed E-state index contributed by atoms with van der Waals surface area (Å²) in [5.74, 6) is -0.821. The molecule has 204 valence electrons. The first-order valence-electron chi connectivity index (χ1n) is 11.8. The topological polar surface area (TPSA) is 67.2 Å². The van der Waals surface area contributed by atoms with Gasteiger partial charge in [0, 0.05) is 47.2 Å². The number of carbonyl (C=O) groups excluding carboxylic acids is 2. The van der Waals surface area contributed by atoms with Gasteiger partial charge in [0.25, 0.3) is 11.8 Å². The van der Waals surface area contributed by atoms with Gasteiger partial charge in [-0.1, -0.05) is 0 Å². The van der Waals surface area contributed by atoms with Gasteiger partial charge in [0.15, 0.2) is 0 Å². The van der Waals surface area contributed by atoms with Crippen molar-refractivity contribution in [1.82, 2.24) is 20.0 Å². The summed E-state index contributed by atoms with van der Waals surface area (Å²) in [6.07, 6.45) is -1.33. The van der Waals surface area contributed by atoms with Gasteiger partial charge in [-0.25, -0.2) is 0 Å². The van der Waals surface area contributed by atoms with Crippen molar-refractivity contribution in [1.29, 1.82) is 0 Å². The Morgan fingerprint density at radius 1 is 1.03 bits per heavy atom. The molecule has 2 aromatic carbocycles. The summed E-state index contributed by atoms with van der Waals surface area (Å²) in [7, 11) is 0. The van der Waals surface area contributed by atoms with Crippen LogP contribution < -0.4 is 5.32 Å². The molecule has 38 heavy (non-hydrogen) atoms. The predicted octanol–water partition coefficient (Wildman–Crippen LogP) is 5.80. The van der Waals surface area contributed by atoms with Crippen molar-refractivity contribution in [3.8, 4) is 0 Å². The lowest BCUT2D eigenvalue weighted by molar-refractivity contribution is -0.123. The van der Waals surface area contributed by atoms with E-state index in [1.165, 1.54) is 30.3 Å². The molecular weight excluding hydrogens is 534 g/mol. The number of carbonyl (C=O) groups is 2. The summed E-state index contributed by atoms with van der Waals surface area (Å²) in [5.41, 5.74) is -2.75. The third-order valence-electron chi connectivity index (χ3n) is 6.38. The molecule has 1 saturated heterocycles. The maximum Gasteiger partial charge on any atom is 0.446 e. The lowest BCUT2D eigenvalue weighted by Crippen LogP contribution is -2.39. The fourth-order valence-electron chi connectivity index (χ4n) is 4.46. The molecule has 1 fully saturated rings. The monoisotopic (exact) mass is 558 g/mol. The minimum absolute atomic E-state index is 0.0173. The first-order valence-corrected chi connectivity index (χ1v) is 12.6. The highest BCUT2D eigenvalue weighted by atomic mass is 32.2. The van der Waals surface area contributed by atoms with Crippen molar-refractivity contribution in [2.45, 2.75) is 42.9 Å². The van der Waals surface area contributed by atoms with Gasteiger partial charge in [-0.05, 0) is 79.4 Å². The number of likely N-dealkylation sites (tertiary alicyclic amines) is 1. The number of hydrogen-bond acceptors (Lipinski definition) is 4. The molecule has 1 aliphatic rings. The highest BCUT2D eigenvalue weighted by molar-refractivity contribution is 8.00. The zero-order valence-corrected chi connectivity index (χ0v) is 21.0. The molecule has 4 rings (SSSR count). The maximum atomic E-state index is 12.8. The molecule has 0 spiro atoms. The van der Waals surface area contributed by atoms with Crippen LogP contribution in [0.3, 0.4) is 0 Å². The molecule has 2 heterocycles. The van der Waals surface area contributed by atoms with Gasteiger partial charge < -0.3 is 10.2 Å². The average molecular weight is 559 g/mol. The van der Waals surface area contributed by atoms with Crippen LogP contribution in [-0.2, 0) is 6.54 Å². The number of benzene rings is 2. The van der Waals surface area contributed by atoms with Crippen molar-refractivity contribution in [3.63, 3.8) is 0 Å². The SMILES string of the molecule is Cc1c(C(=O)NCC(F)(F)F)ccc2nn(CC3CCN(C(=O)c4ccc(SC(F)(F)F)cc4)CC3)cc12. The molecule has 0 saturated carbocycles. The number of aromatic nitrogens is 2. The van der Waals surface area contributed by atoms with E-state index in [9.17, 15) is 35.9 Å². The highest BCUT2D eigenvalue weighted by Crippen LogP contribution is 2.36. The van der Waals surface area contributed by atoms with E-state index in [0.29, 0.717) is 54.5 Å². The standard InChI is InChI=1S/C25H24F6N4O2S/c1-15-19(22(36)32-14-24(26,27)28)6-7-21-20(15)13-35(33-21)12-16-8-10-34(11-9-16)23(37)17-2-4-18(5-3-17)38-25(29,30)31/h2-7,13,16H,8-12,14H2,1H3,(H,32,36). The minimum atomic E-state index is -4.50. The van der Waals surface area contributed by atoms with Gasteiger partial charge in [0.1, 0.15) is 6.54 Å². The number of nitrogens with one attached hydrogen (secondary N) is 1. The number of nitrogens with zero attached hydrogens (tertiary/aromatic N) is 3. The van der Waals surface area contributed by atoms with E-state index in [2.05, 4.69) is 5.10 Å². The number of amides is 2. The van der Waals surface area contributed by atoms with Crippen LogP contribution in [0, 0.1) is 12.8 Å². The summed E-state index contributed by atoms with van der Waals surface area (Å²) in [6, 6.07) is 8.43. The smallest absolute Gasteiger partial charge is 0.343 e. The summed E-state index contributed by atoms with van der Waals surface area (Å²) >= 11 is -0.229. The van der Waals surface area contributed by atoms with Crippen LogP contribution in [-0.4, -0.2) is 57.8 Å². The van der Waals surface area contributed by atoms with E-state index in [0.717, 1.165) is 0 Å². The molecule has 0 radical (unpaired) electrons. The zero-order chi connectivity index (χ0) is 27.7. The van der Waals surface area contributed by atoms with Gasteiger partial charge in [0.2, 0.25) is 0 Å². The summed E-state index contributed by atoms with van der Waals surface area (Å²) in [5, 5.41) is 7.09. The van der Waals surface area contributed by atoms with E-state index in [-0.39, 0.29) is 34.0 Å². The van der Waals surface area contributed by atoms with Gasteiger partial charge in [-0.2, -0.15) is 31.4 Å². The molecule has 1 N–H and O–H groups in total. The summed E-state index contributed by atoms with van der Waals surface area (Å²) in [6.45, 7) is 1.80. The van der Waals surface area contributed by atoms with E-state index in [4.69, 9.17) is 0 Å². The molecule has 6 nitrogen and oxygen atoms in total. The van der Waals surface area contributed by atoms with Crippen molar-refractivity contribution in [3.05, 3.63) is 59.3 Å². The Morgan fingerprint density at radius 3 is 2.29 bits per heavy atom. The number of alkyl halides is 6. The number of halogens is 6. The second-order valence-electron chi connectivity index (χ2n) is 9.13. The first-order chi connectivity index (χ1) is 17.8. The quantitative estimate of drug-likeness (QED) is 0.307. The van der Waals surface area contributed by atoms with Crippen LogP contribution in [0.2, 0.25) is 0 Å². The second-order valence-corrected chi connectivity index (χ2v) is 10.3. The molecule has 13 heteroatoms. The minimum Gasteiger partial charge on any atom is -0.343 e. The van der Waals surface area contributed by atoms with E-state index in [1.807, 2.05) is 5.32 Å². The Morgan fingerprint density at radius 2 is 1.68 bits per heavy atom. The molecular formula is C25H24F6N4O2S. The number of rotatable bonds is 6. The van der Waals surface area contributed by atoms with E-state index < -0.39 is 24.1 Å². The Labute approximate surface area is 218 Å². The Hall–Kier alpha value is -3.22. The van der Waals surface area contributed by atoms with Crippen molar-refractivity contribution in [2.75, 3.05) is 19.6 Å². The Kier molecular flexibility index (Phi) is 7.96. The first kappa shape index (κ1) is 27.8. The zero-order valence-electron chi connectivity index (χ0n) is 20.2. The van der Waals surface area contributed by atoms with E-state index in [1.54, 1.807) is 28.8 Å². The van der Waals surface area contributed by atoms with Crippen molar-refractivity contribution < 1.29 is 35.9 Å². The van der Waals surface area contributed by atoms with Crippen molar-refractivity contribution >= 4 is 34.5 Å². The summed E-state index contributed by atoms with van der Waals surface area (Å²) < 4.78 is 76.6. The average Bonchev–Trinajstić information content (AvgIpc) is 3.25. The van der Waals surface area contributed by atoms with Crippen LogP contribution in [0.4, 0.5) is 26.3 Å². The van der Waals surface area contributed by atoms with Crippen LogP contribution in [0.5, 0.6) is 0 Å². The number of fused-ring (bicyclic) bond motifs is 1. The van der Waals surface area contributed by atoms with Gasteiger partial charge in [-0.3, -0.25) is 14.3 Å². The predicted molar refractivity (Wildman–Crippen MR) is 130 cm³/mol. The third kappa shape index (κ3) is 7.00. The largest absolute Gasteiger partial charge is 0.446 e. The normalized spacial score (nSPS) is 15.2. The van der Waals surface area contributed by atoms with Gasteiger partial charge >= 0.3 is 11.7 Å². The fraction of sp³-hybridized carbons (Fsp3) is 0.400. The lowest BCUT2D eigenvalue weighted by Gasteiger charge is -2.32. The van der Waals surface area contributed by atoms with Crippen LogP contribution in [0.1, 0.15) is 39.1 Å². The number of thioether (sulfide) groups is 1. The highest BCUT2D eigenvalue weighted by Gasteiger charge is 2.30. The van der Waals surface area contributed by atoms with Gasteiger partial charge in [-0.15, -0.1) is 0 Å². The number of aryl methyl sites for hydroxylation is 1. The molecule has 0 atom stereocenters. The molecule has 1 aliphatic heterocycles. The van der Waals surface area contributed by atoms with Crippen molar-refractivity contribution in [2.24, 2.45) is 5.92 Å². The molecule has 2 amide bonds. The van der Waals surface area contributed by atoms with Gasteiger partial charge in [0.05, 0.1) is 5.52 Å². The molecule has 0 unspecified atom stereocenters. The molecule has 3 aromatic rings. The fourth-order valence-corrected chi connectivity index (χ4v) is 5.00. The van der Waals surface area contributed by atoms with Crippen LogP contribution >= 0.6 is 11.8 Å². The Balaban J connectivity index is 1.34. The second kappa shape index (κ2) is 10.9. The van der Waals surface area contributed by atoms with E-state index >= 15 is 0 Å².